The molecule has 23 heavy (non-hydrogen) atoms. The molecule has 0 spiro atoms. The molecule has 2 aromatic rings. The van der Waals surface area contributed by atoms with E-state index < -0.39 is 10.9 Å². The summed E-state index contributed by atoms with van der Waals surface area (Å²) in [4.78, 5) is 23.1. The number of hydrogen-bond donors (Lipinski definition) is 0. The number of halogens is 1. The fraction of sp³-hybridized carbons (Fsp3) is 0.133. The molecule has 0 aliphatic rings. The second-order valence-corrected chi connectivity index (χ2v) is 5.79. The van der Waals surface area contributed by atoms with Crippen molar-refractivity contribution in [2.24, 2.45) is 0 Å². The van der Waals surface area contributed by atoms with Crippen molar-refractivity contribution < 1.29 is 19.2 Å². The van der Waals surface area contributed by atoms with E-state index in [9.17, 15) is 14.9 Å². The average molecular weight is 354 g/mol. The van der Waals surface area contributed by atoms with Crippen LogP contribution in [0.1, 0.15) is 0 Å². The summed E-state index contributed by atoms with van der Waals surface area (Å²) in [5.41, 5.74) is -0.325. The Morgan fingerprint density at radius 3 is 2.57 bits per heavy atom. The molecule has 0 saturated carbocycles. The number of hydrogen-bond acceptors (Lipinski definition) is 6. The second kappa shape index (κ2) is 7.85. The minimum Gasteiger partial charge on any atom is -0.496 e. The van der Waals surface area contributed by atoms with E-state index in [1.165, 1.54) is 37.1 Å². The summed E-state index contributed by atoms with van der Waals surface area (Å²) < 4.78 is 9.99. The van der Waals surface area contributed by atoms with Gasteiger partial charge < -0.3 is 9.47 Å². The Morgan fingerprint density at radius 2 is 1.96 bits per heavy atom. The number of methoxy groups -OCH3 is 1. The molecule has 0 aliphatic carbocycles. The maximum absolute atomic E-state index is 11.9. The molecule has 0 N–H and O–H groups in total. The predicted molar refractivity (Wildman–Crippen MR) is 87.5 cm³/mol. The van der Waals surface area contributed by atoms with Crippen LogP contribution in [0.3, 0.4) is 0 Å². The number of thioether (sulfide) groups is 1. The zero-order chi connectivity index (χ0) is 16.8. The third kappa shape index (κ3) is 4.87. The number of benzene rings is 2. The molecule has 0 unspecified atom stereocenters. The number of esters is 1. The van der Waals surface area contributed by atoms with Crippen LogP contribution in [-0.4, -0.2) is 23.8 Å². The normalized spacial score (nSPS) is 10.2. The lowest BCUT2D eigenvalue weighted by Crippen LogP contribution is -2.11. The van der Waals surface area contributed by atoms with Gasteiger partial charge in [-0.1, -0.05) is 11.6 Å². The lowest BCUT2D eigenvalue weighted by Gasteiger charge is -2.06. The zero-order valence-electron chi connectivity index (χ0n) is 12.0. The lowest BCUT2D eigenvalue weighted by molar-refractivity contribution is -0.385. The number of ether oxygens (including phenoxy) is 2. The molecule has 0 atom stereocenters. The van der Waals surface area contributed by atoms with Crippen molar-refractivity contribution in [1.82, 2.24) is 0 Å². The highest BCUT2D eigenvalue weighted by molar-refractivity contribution is 8.00. The summed E-state index contributed by atoms with van der Waals surface area (Å²) in [5.74, 6) is -0.368. The van der Waals surface area contributed by atoms with Gasteiger partial charge in [-0.05, 0) is 36.4 Å². The van der Waals surface area contributed by atoms with Gasteiger partial charge >= 0.3 is 11.7 Å². The maximum Gasteiger partial charge on any atom is 0.321 e. The van der Waals surface area contributed by atoms with Crippen molar-refractivity contribution in [2.45, 2.75) is 4.90 Å². The Morgan fingerprint density at radius 1 is 1.26 bits per heavy atom. The number of nitro benzene ring substituents is 1. The maximum atomic E-state index is 11.9. The van der Waals surface area contributed by atoms with Crippen LogP contribution >= 0.6 is 23.4 Å². The van der Waals surface area contributed by atoms with E-state index in [4.69, 9.17) is 21.1 Å². The molecule has 0 amide bonds. The van der Waals surface area contributed by atoms with Gasteiger partial charge in [0, 0.05) is 9.92 Å². The lowest BCUT2D eigenvalue weighted by atomic mass is 10.3. The Kier molecular flexibility index (Phi) is 5.84. The summed E-state index contributed by atoms with van der Waals surface area (Å²) in [7, 11) is 1.40. The molecule has 2 rings (SSSR count). The topological polar surface area (TPSA) is 78.7 Å². The molecule has 0 aliphatic heterocycles. The summed E-state index contributed by atoms with van der Waals surface area (Å²) in [6.45, 7) is 0. The number of rotatable bonds is 6. The van der Waals surface area contributed by atoms with Crippen molar-refractivity contribution in [3.63, 3.8) is 0 Å². The second-order valence-electron chi connectivity index (χ2n) is 4.31. The quantitative estimate of drug-likeness (QED) is 0.257. The molecule has 0 radical (unpaired) electrons. The van der Waals surface area contributed by atoms with Crippen LogP contribution in [0.15, 0.2) is 47.4 Å². The van der Waals surface area contributed by atoms with Crippen LogP contribution in [0.2, 0.25) is 5.02 Å². The summed E-state index contributed by atoms with van der Waals surface area (Å²) in [6, 6.07) is 11.0. The van der Waals surface area contributed by atoms with Gasteiger partial charge in [-0.25, -0.2) is 0 Å². The molecular weight excluding hydrogens is 342 g/mol. The van der Waals surface area contributed by atoms with Gasteiger partial charge in [-0.2, -0.15) is 0 Å². The van der Waals surface area contributed by atoms with E-state index in [-0.39, 0.29) is 17.2 Å². The van der Waals surface area contributed by atoms with Gasteiger partial charge in [-0.15, -0.1) is 11.8 Å². The van der Waals surface area contributed by atoms with Gasteiger partial charge in [0.05, 0.1) is 23.9 Å². The summed E-state index contributed by atoms with van der Waals surface area (Å²) >= 11 is 7.03. The van der Waals surface area contributed by atoms with Gasteiger partial charge in [0.1, 0.15) is 5.75 Å². The highest BCUT2D eigenvalue weighted by atomic mass is 35.5. The summed E-state index contributed by atoms with van der Waals surface area (Å²) in [5, 5.41) is 11.6. The molecule has 0 heterocycles. The number of nitro groups is 1. The van der Waals surface area contributed by atoms with Crippen molar-refractivity contribution >= 4 is 35.0 Å². The molecule has 0 fully saturated rings. The Hall–Kier alpha value is -2.25. The standard InChI is InChI=1S/C15H12ClNO5S/c1-21-11-4-7-14(13(8-11)17(19)20)22-15(18)9-23-12-5-2-10(16)3-6-12/h2-8H,9H2,1H3. The molecular formula is C15H12ClNO5S. The number of carbonyl (C=O) groups excluding carboxylic acids is 1. The van der Waals surface area contributed by atoms with E-state index in [0.717, 1.165) is 4.90 Å². The fourth-order valence-electron chi connectivity index (χ4n) is 1.68. The first kappa shape index (κ1) is 17.1. The van der Waals surface area contributed by atoms with E-state index >= 15 is 0 Å². The monoisotopic (exact) mass is 353 g/mol. The first-order valence-electron chi connectivity index (χ1n) is 6.41. The van der Waals surface area contributed by atoms with Gasteiger partial charge in [-0.3, -0.25) is 14.9 Å². The largest absolute Gasteiger partial charge is 0.496 e. The average Bonchev–Trinajstić information content (AvgIpc) is 2.54. The third-order valence-electron chi connectivity index (χ3n) is 2.76. The van der Waals surface area contributed by atoms with Crippen molar-refractivity contribution in [3.05, 3.63) is 57.6 Å². The van der Waals surface area contributed by atoms with Crippen molar-refractivity contribution in [1.29, 1.82) is 0 Å². The van der Waals surface area contributed by atoms with Crippen LogP contribution in [0.5, 0.6) is 11.5 Å². The molecule has 6 nitrogen and oxygen atoms in total. The Labute approximate surface area is 141 Å². The molecule has 0 saturated heterocycles. The molecule has 0 aromatic heterocycles. The number of nitrogens with zero attached hydrogens (tertiary/aromatic N) is 1. The molecule has 8 heteroatoms. The Bertz CT molecular complexity index is 720. The fourth-order valence-corrected chi connectivity index (χ4v) is 2.48. The zero-order valence-corrected chi connectivity index (χ0v) is 13.6. The van der Waals surface area contributed by atoms with Crippen molar-refractivity contribution in [2.75, 3.05) is 12.9 Å². The van der Waals surface area contributed by atoms with Gasteiger partial charge in [0.25, 0.3) is 0 Å². The van der Waals surface area contributed by atoms with Crippen LogP contribution < -0.4 is 9.47 Å². The predicted octanol–water partition coefficient (Wildman–Crippen LogP) is 3.95. The first-order chi connectivity index (χ1) is 11.0. The molecule has 2 aromatic carbocycles. The van der Waals surface area contributed by atoms with Crippen molar-refractivity contribution in [3.8, 4) is 11.5 Å². The van der Waals surface area contributed by atoms with Gasteiger partial charge in [0.2, 0.25) is 5.75 Å². The van der Waals surface area contributed by atoms with Crippen LogP contribution in [0.25, 0.3) is 0 Å². The Balaban J connectivity index is 2.02. The number of carbonyl (C=O) groups is 1. The summed E-state index contributed by atoms with van der Waals surface area (Å²) in [6.07, 6.45) is 0. The third-order valence-corrected chi connectivity index (χ3v) is 3.99. The van der Waals surface area contributed by atoms with Crippen LogP contribution in [0.4, 0.5) is 5.69 Å². The highest BCUT2D eigenvalue weighted by Crippen LogP contribution is 2.31. The minimum absolute atomic E-state index is 0.0187. The first-order valence-corrected chi connectivity index (χ1v) is 7.77. The van der Waals surface area contributed by atoms with Crippen LogP contribution in [-0.2, 0) is 4.79 Å². The van der Waals surface area contributed by atoms with E-state index in [1.54, 1.807) is 24.3 Å². The highest BCUT2D eigenvalue weighted by Gasteiger charge is 2.19. The minimum atomic E-state index is -0.628. The molecule has 0 bridgehead atoms. The smallest absolute Gasteiger partial charge is 0.321 e. The van der Waals surface area contributed by atoms with Gasteiger partial charge in [0.15, 0.2) is 0 Å². The van der Waals surface area contributed by atoms with E-state index in [2.05, 4.69) is 0 Å². The SMILES string of the molecule is COc1ccc(OC(=O)CSc2ccc(Cl)cc2)c([N+](=O)[O-])c1. The molecule has 120 valence electrons. The van der Waals surface area contributed by atoms with Crippen LogP contribution in [0, 0.1) is 10.1 Å². The van der Waals surface area contributed by atoms with E-state index in [1.807, 2.05) is 0 Å². The van der Waals surface area contributed by atoms with E-state index in [0.29, 0.717) is 10.8 Å².